The average Bonchev–Trinajstić information content (AvgIpc) is 1.41. The Morgan fingerprint density at radius 3 is 2.60 bits per heavy atom. The van der Waals surface area contributed by atoms with Gasteiger partial charge in [-0.05, 0) is 6.19 Å². The van der Waals surface area contributed by atoms with Crippen LogP contribution >= 0.6 is 12.6 Å². The smallest absolute Gasteiger partial charge is 0.0420 e. The molecule has 0 spiro atoms. The maximum Gasteiger partial charge on any atom is -0.0420 e. The lowest BCUT2D eigenvalue weighted by molar-refractivity contribution is 1.45. The standard InChI is InChI=1S/C2HN2S/c3-1-4-2-5/h(H,4,5)/q-1. The van der Waals surface area contributed by atoms with E-state index in [0.29, 0.717) is 0 Å². The van der Waals surface area contributed by atoms with Crippen LogP contribution in [0.4, 0.5) is 0 Å². The lowest BCUT2D eigenvalue weighted by atomic mass is 11.3. The minimum absolute atomic E-state index is 1.45. The summed E-state index contributed by atoms with van der Waals surface area (Å²) in [5.41, 5.74) is 1.98. The molecule has 0 aliphatic rings. The minimum Gasteiger partial charge on any atom is -0.390 e. The van der Waals surface area contributed by atoms with Crippen LogP contribution in [0, 0.1) is 11.5 Å². The van der Waals surface area contributed by atoms with Crippen molar-refractivity contribution in [3.05, 3.63) is 0 Å². The molecule has 0 aliphatic carbocycles. The fraction of sp³-hybridized carbons (Fsp3) is 0. The van der Waals surface area contributed by atoms with Crippen molar-refractivity contribution < 1.29 is 0 Å². The van der Waals surface area contributed by atoms with Crippen molar-refractivity contribution in [2.24, 2.45) is 4.99 Å². The van der Waals surface area contributed by atoms with E-state index < -0.39 is 0 Å². The molecule has 0 atom stereocenters. The maximum atomic E-state index is 7.54. The molecule has 0 aromatic rings. The summed E-state index contributed by atoms with van der Waals surface area (Å²) in [5.74, 6) is 0. The lowest BCUT2D eigenvalue weighted by Crippen LogP contribution is -1.42. The van der Waals surface area contributed by atoms with E-state index in [4.69, 9.17) is 5.26 Å². The summed E-state index contributed by atoms with van der Waals surface area (Å²) in [5, 5.41) is 7.54. The van der Waals surface area contributed by atoms with Crippen LogP contribution < -0.4 is 0 Å². The van der Waals surface area contributed by atoms with Crippen molar-refractivity contribution >= 4 is 18.2 Å². The highest BCUT2D eigenvalue weighted by Crippen LogP contribution is 1.57. The number of hydrogen-bond donors (Lipinski definition) is 1. The third kappa shape index (κ3) is 3.51. The molecule has 0 aromatic carbocycles. The number of rotatable bonds is 0. The summed E-state index contributed by atoms with van der Waals surface area (Å²) in [6, 6.07) is 0. The van der Waals surface area contributed by atoms with Crippen LogP contribution in [0.1, 0.15) is 0 Å². The lowest BCUT2D eigenvalue weighted by Gasteiger charge is -1.68. The Balaban J connectivity index is 3.04. The van der Waals surface area contributed by atoms with E-state index in [1.807, 2.05) is 5.55 Å². The van der Waals surface area contributed by atoms with E-state index in [2.05, 4.69) is 17.6 Å². The summed E-state index contributed by atoms with van der Waals surface area (Å²) in [7, 11) is 0. The molecule has 0 amide bonds. The van der Waals surface area contributed by atoms with Crippen molar-refractivity contribution in [2.45, 2.75) is 0 Å². The molecule has 5 heavy (non-hydrogen) atoms. The average molecular weight is 85.1 g/mol. The van der Waals surface area contributed by atoms with Crippen LogP contribution in [0.15, 0.2) is 4.99 Å². The van der Waals surface area contributed by atoms with Crippen LogP contribution in [-0.4, -0.2) is 5.55 Å². The van der Waals surface area contributed by atoms with Gasteiger partial charge in [0, 0.05) is 0 Å². The highest BCUT2D eigenvalue weighted by molar-refractivity contribution is 7.94. The predicted molar refractivity (Wildman–Crippen MR) is 22.0 cm³/mol. The van der Waals surface area contributed by atoms with E-state index in [9.17, 15) is 0 Å². The normalized spacial score (nSPS) is 8.00. The molecule has 3 heteroatoms. The van der Waals surface area contributed by atoms with Crippen molar-refractivity contribution in [3.8, 4) is 6.19 Å². The zero-order chi connectivity index (χ0) is 4.12. The van der Waals surface area contributed by atoms with Gasteiger partial charge in [-0.2, -0.15) is 0 Å². The number of nitrogens with zero attached hydrogens (tertiary/aromatic N) is 2. The van der Waals surface area contributed by atoms with Crippen molar-refractivity contribution in [3.63, 3.8) is 0 Å². The molecule has 0 N–H and O–H groups in total. The van der Waals surface area contributed by atoms with E-state index >= 15 is 0 Å². The summed E-state index contributed by atoms with van der Waals surface area (Å²) in [6.07, 6.45) is 1.45. The molecule has 0 radical (unpaired) electrons. The van der Waals surface area contributed by atoms with Gasteiger partial charge in [-0.15, -0.1) is 5.55 Å². The van der Waals surface area contributed by atoms with Crippen LogP contribution in [0.5, 0.6) is 0 Å². The Morgan fingerprint density at radius 1 is 2.00 bits per heavy atom. The van der Waals surface area contributed by atoms with Crippen molar-refractivity contribution in [1.82, 2.24) is 0 Å². The second-order valence-electron chi connectivity index (χ2n) is 0.312. The van der Waals surface area contributed by atoms with Gasteiger partial charge in [-0.1, -0.05) is 0 Å². The van der Waals surface area contributed by atoms with Gasteiger partial charge in [0.25, 0.3) is 0 Å². The third-order valence-corrected chi connectivity index (χ3v) is 0.200. The number of hydrogen-bond acceptors (Lipinski definition) is 2. The van der Waals surface area contributed by atoms with Gasteiger partial charge in [0.05, 0.1) is 0 Å². The molecular formula is C2HN2S-. The van der Waals surface area contributed by atoms with Gasteiger partial charge in [0.1, 0.15) is 0 Å². The van der Waals surface area contributed by atoms with Crippen molar-refractivity contribution in [2.75, 3.05) is 0 Å². The second-order valence-corrected chi connectivity index (χ2v) is 0.512. The highest BCUT2D eigenvalue weighted by Gasteiger charge is 1.26. The Hall–Kier alpha value is -0.490. The van der Waals surface area contributed by atoms with Crippen molar-refractivity contribution in [1.29, 1.82) is 5.26 Å². The number of aliphatic imine (C=N–C) groups is 1. The molecule has 0 rings (SSSR count). The summed E-state index contributed by atoms with van der Waals surface area (Å²) in [6.45, 7) is 0. The minimum atomic E-state index is 1.45. The first-order valence-corrected chi connectivity index (χ1v) is 1.34. The monoisotopic (exact) mass is 85.0 g/mol. The van der Waals surface area contributed by atoms with Crippen LogP contribution in [0.2, 0.25) is 0 Å². The summed E-state index contributed by atoms with van der Waals surface area (Å²) >= 11 is 3.36. The Kier molecular flexibility index (Phi) is 3.17. The Morgan fingerprint density at radius 2 is 2.60 bits per heavy atom. The molecule has 0 saturated heterocycles. The quantitative estimate of drug-likeness (QED) is 0.148. The molecule has 2 nitrogen and oxygen atoms in total. The summed E-state index contributed by atoms with van der Waals surface area (Å²) in [4.78, 5) is 2.89. The van der Waals surface area contributed by atoms with E-state index in [0.717, 1.165) is 0 Å². The number of thiol groups is 1. The largest absolute Gasteiger partial charge is 0.390 e. The summed E-state index contributed by atoms with van der Waals surface area (Å²) < 4.78 is 0. The molecule has 0 aliphatic heterocycles. The molecular weight excluding hydrogens is 84.1 g/mol. The van der Waals surface area contributed by atoms with E-state index in [-0.39, 0.29) is 0 Å². The SMILES string of the molecule is N#CN=[C-]S. The molecule has 26 valence electrons. The van der Waals surface area contributed by atoms with E-state index in [1.165, 1.54) is 6.19 Å². The van der Waals surface area contributed by atoms with Gasteiger partial charge < -0.3 is 10.3 Å². The number of nitriles is 1. The molecule has 0 saturated carbocycles. The topological polar surface area (TPSA) is 36.1 Å². The van der Waals surface area contributed by atoms with Gasteiger partial charge in [0.2, 0.25) is 0 Å². The fourth-order valence-corrected chi connectivity index (χ4v) is 0.0671. The van der Waals surface area contributed by atoms with Gasteiger partial charge >= 0.3 is 0 Å². The van der Waals surface area contributed by atoms with Gasteiger partial charge in [-0.25, -0.2) is 12.6 Å². The van der Waals surface area contributed by atoms with Crippen LogP contribution in [0.3, 0.4) is 0 Å². The van der Waals surface area contributed by atoms with E-state index in [1.54, 1.807) is 0 Å². The molecule has 0 fully saturated rings. The molecule has 0 heterocycles. The zero-order valence-corrected chi connectivity index (χ0v) is 3.24. The maximum absolute atomic E-state index is 7.54. The predicted octanol–water partition coefficient (Wildman–Crippen LogP) is 0.303. The van der Waals surface area contributed by atoms with Crippen LogP contribution in [0.25, 0.3) is 0 Å². The van der Waals surface area contributed by atoms with Gasteiger partial charge in [0.15, 0.2) is 0 Å². The Bertz CT molecular complexity index is 70.2. The first-order chi connectivity index (χ1) is 2.41. The van der Waals surface area contributed by atoms with Crippen LogP contribution in [-0.2, 0) is 0 Å². The first-order valence-electron chi connectivity index (χ1n) is 0.894. The second kappa shape index (κ2) is 3.51. The molecule has 0 unspecified atom stereocenters. The third-order valence-electron chi connectivity index (χ3n) is 0.100. The highest BCUT2D eigenvalue weighted by atomic mass is 32.1. The first kappa shape index (κ1) is 4.51. The zero-order valence-electron chi connectivity index (χ0n) is 2.34. The molecule has 0 aromatic heterocycles. The Labute approximate surface area is 35.5 Å². The molecule has 0 bridgehead atoms. The van der Waals surface area contributed by atoms with Gasteiger partial charge in [-0.3, -0.25) is 0 Å². The fourth-order valence-electron chi connectivity index (χ4n) is 0.0224.